The van der Waals surface area contributed by atoms with E-state index in [4.69, 9.17) is 0 Å². The molecule has 116 valence electrons. The molecule has 0 saturated carbocycles. The van der Waals surface area contributed by atoms with Gasteiger partial charge in [0.2, 0.25) is 17.7 Å². The fraction of sp³-hybridized carbons (Fsp3) is 0.471. The van der Waals surface area contributed by atoms with Crippen LogP contribution in [-0.4, -0.2) is 23.8 Å². The molecule has 5 heteroatoms. The van der Waals surface area contributed by atoms with Crippen molar-refractivity contribution < 1.29 is 14.4 Å². The quantitative estimate of drug-likeness (QED) is 0.845. The summed E-state index contributed by atoms with van der Waals surface area (Å²) in [5.74, 6) is -0.727. The maximum atomic E-state index is 12.9. The molecule has 1 aromatic carbocycles. The fourth-order valence-electron chi connectivity index (χ4n) is 3.29. The van der Waals surface area contributed by atoms with Gasteiger partial charge in [0, 0.05) is 12.1 Å². The van der Waals surface area contributed by atoms with Crippen molar-refractivity contribution in [1.29, 1.82) is 0 Å². The summed E-state index contributed by atoms with van der Waals surface area (Å²) >= 11 is 0. The average Bonchev–Trinajstić information content (AvgIpc) is 2.67. The van der Waals surface area contributed by atoms with Crippen molar-refractivity contribution in [2.24, 2.45) is 0 Å². The highest BCUT2D eigenvalue weighted by molar-refractivity contribution is 6.13. The van der Waals surface area contributed by atoms with E-state index in [1.165, 1.54) is 0 Å². The molecule has 1 fully saturated rings. The summed E-state index contributed by atoms with van der Waals surface area (Å²) in [5, 5.41) is 2.34. The van der Waals surface area contributed by atoms with Crippen molar-refractivity contribution in [3.05, 3.63) is 29.3 Å². The molecule has 3 rings (SSSR count). The van der Waals surface area contributed by atoms with Gasteiger partial charge in [0.1, 0.15) is 6.04 Å². The van der Waals surface area contributed by atoms with Gasteiger partial charge in [-0.2, -0.15) is 0 Å². The van der Waals surface area contributed by atoms with E-state index in [-0.39, 0.29) is 24.1 Å². The molecule has 2 aliphatic heterocycles. The van der Waals surface area contributed by atoms with Crippen LogP contribution in [0.3, 0.4) is 0 Å². The summed E-state index contributed by atoms with van der Waals surface area (Å²) < 4.78 is 0. The normalized spacial score (nSPS) is 23.5. The van der Waals surface area contributed by atoms with Crippen LogP contribution in [0, 0.1) is 0 Å². The second-order valence-corrected chi connectivity index (χ2v) is 6.47. The lowest BCUT2D eigenvalue weighted by atomic mass is 9.85. The second-order valence-electron chi connectivity index (χ2n) is 6.47. The van der Waals surface area contributed by atoms with Crippen LogP contribution >= 0.6 is 0 Å². The molecule has 0 radical (unpaired) electrons. The number of imide groups is 1. The first kappa shape index (κ1) is 14.8. The number of aryl methyl sites for hydroxylation is 1. The van der Waals surface area contributed by atoms with E-state index in [2.05, 4.69) is 12.2 Å². The molecule has 0 aromatic heterocycles. The van der Waals surface area contributed by atoms with Crippen LogP contribution in [0.1, 0.15) is 44.7 Å². The molecule has 1 atom stereocenters. The Kier molecular flexibility index (Phi) is 3.31. The van der Waals surface area contributed by atoms with Gasteiger partial charge in [0.15, 0.2) is 0 Å². The SMILES string of the molecule is CCc1ccc2c(c1)N(C1CCC(=O)NC1=O)C(=O)C2(C)C. The Morgan fingerprint density at radius 1 is 1.27 bits per heavy atom. The summed E-state index contributed by atoms with van der Waals surface area (Å²) in [6, 6.07) is 5.41. The third kappa shape index (κ3) is 2.03. The van der Waals surface area contributed by atoms with Gasteiger partial charge in [-0.25, -0.2) is 0 Å². The van der Waals surface area contributed by atoms with Gasteiger partial charge in [-0.15, -0.1) is 0 Å². The lowest BCUT2D eigenvalue weighted by molar-refractivity contribution is -0.136. The van der Waals surface area contributed by atoms with Crippen LogP contribution in [0.2, 0.25) is 0 Å². The zero-order valence-electron chi connectivity index (χ0n) is 13.1. The van der Waals surface area contributed by atoms with Crippen molar-refractivity contribution in [3.8, 4) is 0 Å². The topological polar surface area (TPSA) is 66.5 Å². The minimum Gasteiger partial charge on any atom is -0.299 e. The van der Waals surface area contributed by atoms with Gasteiger partial charge < -0.3 is 0 Å². The summed E-state index contributed by atoms with van der Waals surface area (Å²) in [7, 11) is 0. The molecule has 1 N–H and O–H groups in total. The van der Waals surface area contributed by atoms with Gasteiger partial charge in [0.25, 0.3) is 0 Å². The van der Waals surface area contributed by atoms with Crippen LogP contribution in [0.4, 0.5) is 5.69 Å². The van der Waals surface area contributed by atoms with E-state index in [9.17, 15) is 14.4 Å². The van der Waals surface area contributed by atoms with E-state index in [1.54, 1.807) is 4.90 Å². The molecule has 0 aliphatic carbocycles. The Morgan fingerprint density at radius 2 is 2.00 bits per heavy atom. The molecule has 2 heterocycles. The molecule has 22 heavy (non-hydrogen) atoms. The highest BCUT2D eigenvalue weighted by atomic mass is 16.2. The van der Waals surface area contributed by atoms with Gasteiger partial charge in [-0.3, -0.25) is 24.6 Å². The average molecular weight is 300 g/mol. The molecular formula is C17H20N2O3. The predicted octanol–water partition coefficient (Wildman–Crippen LogP) is 1.68. The van der Waals surface area contributed by atoms with Crippen LogP contribution in [0.25, 0.3) is 0 Å². The monoisotopic (exact) mass is 300 g/mol. The van der Waals surface area contributed by atoms with E-state index in [0.29, 0.717) is 6.42 Å². The van der Waals surface area contributed by atoms with E-state index < -0.39 is 11.5 Å². The molecular weight excluding hydrogens is 280 g/mol. The molecule has 1 saturated heterocycles. The lowest BCUT2D eigenvalue weighted by Gasteiger charge is -2.31. The smallest absolute Gasteiger partial charge is 0.249 e. The number of carbonyl (C=O) groups excluding carboxylic acids is 3. The third-order valence-corrected chi connectivity index (χ3v) is 4.68. The number of carbonyl (C=O) groups is 3. The first-order valence-electron chi connectivity index (χ1n) is 7.67. The minimum atomic E-state index is -0.649. The number of anilines is 1. The van der Waals surface area contributed by atoms with Crippen molar-refractivity contribution in [2.45, 2.75) is 51.5 Å². The molecule has 0 spiro atoms. The van der Waals surface area contributed by atoms with Crippen molar-refractivity contribution in [3.63, 3.8) is 0 Å². The maximum Gasteiger partial charge on any atom is 0.249 e. The van der Waals surface area contributed by atoms with Crippen molar-refractivity contribution >= 4 is 23.4 Å². The van der Waals surface area contributed by atoms with Crippen LogP contribution < -0.4 is 10.2 Å². The maximum absolute atomic E-state index is 12.9. The van der Waals surface area contributed by atoms with Crippen LogP contribution in [-0.2, 0) is 26.2 Å². The highest BCUT2D eigenvalue weighted by Gasteiger charge is 2.48. The zero-order chi connectivity index (χ0) is 16.1. The lowest BCUT2D eigenvalue weighted by Crippen LogP contribution is -2.55. The fourth-order valence-corrected chi connectivity index (χ4v) is 3.29. The number of piperidine rings is 1. The Labute approximate surface area is 129 Å². The van der Waals surface area contributed by atoms with Crippen molar-refractivity contribution in [2.75, 3.05) is 4.90 Å². The summed E-state index contributed by atoms with van der Waals surface area (Å²) in [4.78, 5) is 38.0. The Morgan fingerprint density at radius 3 is 2.64 bits per heavy atom. The Hall–Kier alpha value is -2.17. The Balaban J connectivity index is 2.08. The van der Waals surface area contributed by atoms with Crippen LogP contribution in [0.15, 0.2) is 18.2 Å². The molecule has 1 aromatic rings. The third-order valence-electron chi connectivity index (χ3n) is 4.68. The molecule has 5 nitrogen and oxygen atoms in total. The second kappa shape index (κ2) is 4.93. The zero-order valence-corrected chi connectivity index (χ0v) is 13.1. The number of hydrogen-bond acceptors (Lipinski definition) is 3. The van der Waals surface area contributed by atoms with E-state index in [1.807, 2.05) is 32.0 Å². The Bertz CT molecular complexity index is 678. The number of nitrogens with one attached hydrogen (secondary N) is 1. The number of fused-ring (bicyclic) bond motifs is 1. The molecule has 3 amide bonds. The first-order valence-corrected chi connectivity index (χ1v) is 7.67. The summed E-state index contributed by atoms with van der Waals surface area (Å²) in [6.07, 6.45) is 1.51. The molecule has 0 bridgehead atoms. The van der Waals surface area contributed by atoms with Crippen molar-refractivity contribution in [1.82, 2.24) is 5.32 Å². The summed E-state index contributed by atoms with van der Waals surface area (Å²) in [5.41, 5.74) is 2.23. The largest absolute Gasteiger partial charge is 0.299 e. The van der Waals surface area contributed by atoms with E-state index in [0.717, 1.165) is 23.2 Å². The molecule has 1 unspecified atom stereocenters. The van der Waals surface area contributed by atoms with Gasteiger partial charge >= 0.3 is 0 Å². The standard InChI is InChI=1S/C17H20N2O3/c1-4-10-5-6-11-13(9-10)19(16(22)17(11,2)3)12-7-8-14(20)18-15(12)21/h5-6,9,12H,4,7-8H2,1-3H3,(H,18,20,21). The van der Waals surface area contributed by atoms with Crippen LogP contribution in [0.5, 0.6) is 0 Å². The number of nitrogens with zero attached hydrogens (tertiary/aromatic N) is 1. The minimum absolute atomic E-state index is 0.0785. The predicted molar refractivity (Wildman–Crippen MR) is 82.5 cm³/mol. The molecule has 2 aliphatic rings. The van der Waals surface area contributed by atoms with Gasteiger partial charge in [0.05, 0.1) is 5.41 Å². The number of rotatable bonds is 2. The number of amides is 3. The van der Waals surface area contributed by atoms with E-state index >= 15 is 0 Å². The highest BCUT2D eigenvalue weighted by Crippen LogP contribution is 2.43. The first-order chi connectivity index (χ1) is 10.4. The summed E-state index contributed by atoms with van der Waals surface area (Å²) in [6.45, 7) is 5.82. The van der Waals surface area contributed by atoms with Gasteiger partial charge in [-0.1, -0.05) is 19.1 Å². The number of benzene rings is 1. The van der Waals surface area contributed by atoms with Gasteiger partial charge in [-0.05, 0) is 43.9 Å². The number of hydrogen-bond donors (Lipinski definition) is 1.